The van der Waals surface area contributed by atoms with Crippen molar-refractivity contribution in [1.82, 2.24) is 5.32 Å². The minimum atomic E-state index is 0.363. The molecule has 1 aliphatic carbocycles. The molecule has 2 rings (SSSR count). The molecule has 1 aromatic rings. The van der Waals surface area contributed by atoms with Crippen molar-refractivity contribution < 1.29 is 0 Å². The average molecular weight is 213 g/mol. The van der Waals surface area contributed by atoms with E-state index in [1.54, 1.807) is 0 Å². The molecule has 0 heterocycles. The van der Waals surface area contributed by atoms with E-state index in [2.05, 4.69) is 42.7 Å². The first kappa shape index (κ1) is 11.2. The molecule has 84 valence electrons. The maximum atomic E-state index is 3.93. The fourth-order valence-electron chi connectivity index (χ4n) is 2.57. The van der Waals surface area contributed by atoms with Gasteiger partial charge in [0.1, 0.15) is 0 Å². The van der Waals surface area contributed by atoms with Crippen molar-refractivity contribution in [1.29, 1.82) is 0 Å². The molecule has 2 unspecified atom stereocenters. The summed E-state index contributed by atoms with van der Waals surface area (Å²) in [5.41, 5.74) is 2.99. The smallest absolute Gasteiger partial charge is 0.0319 e. The lowest BCUT2D eigenvalue weighted by atomic mass is 9.93. The second-order valence-electron chi connectivity index (χ2n) is 4.30. The van der Waals surface area contributed by atoms with Gasteiger partial charge in [-0.15, -0.1) is 13.2 Å². The van der Waals surface area contributed by atoms with E-state index in [4.69, 9.17) is 0 Å². The highest BCUT2D eigenvalue weighted by molar-refractivity contribution is 5.36. The van der Waals surface area contributed by atoms with Crippen molar-refractivity contribution >= 4 is 0 Å². The molecule has 2 atom stereocenters. The Bertz CT molecular complexity index is 381. The molecule has 1 nitrogen and oxygen atoms in total. The monoisotopic (exact) mass is 213 g/mol. The van der Waals surface area contributed by atoms with Gasteiger partial charge in [0.25, 0.3) is 0 Å². The maximum Gasteiger partial charge on any atom is 0.0319 e. The number of benzene rings is 1. The Kier molecular flexibility index (Phi) is 3.58. The van der Waals surface area contributed by atoms with E-state index < -0.39 is 0 Å². The van der Waals surface area contributed by atoms with Crippen molar-refractivity contribution in [2.75, 3.05) is 6.54 Å². The first-order valence-electron chi connectivity index (χ1n) is 5.91. The topological polar surface area (TPSA) is 12.0 Å². The van der Waals surface area contributed by atoms with Gasteiger partial charge < -0.3 is 5.32 Å². The van der Waals surface area contributed by atoms with Crippen LogP contribution in [0.2, 0.25) is 0 Å². The maximum absolute atomic E-state index is 3.93. The van der Waals surface area contributed by atoms with E-state index >= 15 is 0 Å². The van der Waals surface area contributed by atoms with Crippen LogP contribution in [0.3, 0.4) is 0 Å². The number of hydrogen-bond donors (Lipinski definition) is 1. The van der Waals surface area contributed by atoms with Crippen LogP contribution < -0.4 is 5.32 Å². The molecule has 0 aliphatic heterocycles. The summed E-state index contributed by atoms with van der Waals surface area (Å²) in [7, 11) is 0. The predicted octanol–water partition coefficient (Wildman–Crippen LogP) is 3.05. The lowest BCUT2D eigenvalue weighted by Gasteiger charge is -2.22. The highest BCUT2D eigenvalue weighted by atomic mass is 14.9. The van der Waals surface area contributed by atoms with Gasteiger partial charge in [-0.2, -0.15) is 0 Å². The third-order valence-corrected chi connectivity index (χ3v) is 3.36. The predicted molar refractivity (Wildman–Crippen MR) is 69.7 cm³/mol. The van der Waals surface area contributed by atoms with Crippen molar-refractivity contribution in [2.24, 2.45) is 0 Å². The highest BCUT2D eigenvalue weighted by Gasteiger charge is 2.27. The summed E-state index contributed by atoms with van der Waals surface area (Å²) >= 11 is 0. The SMILES string of the molecule is C=CCNC(C=C)C1CCc2ccccc21. The Morgan fingerprint density at radius 2 is 2.19 bits per heavy atom. The molecule has 0 radical (unpaired) electrons. The zero-order chi connectivity index (χ0) is 11.4. The molecule has 0 saturated carbocycles. The number of hydrogen-bond acceptors (Lipinski definition) is 1. The summed E-state index contributed by atoms with van der Waals surface area (Å²) < 4.78 is 0. The molecule has 0 amide bonds. The van der Waals surface area contributed by atoms with Crippen LogP contribution in [0.25, 0.3) is 0 Å². The van der Waals surface area contributed by atoms with E-state index in [9.17, 15) is 0 Å². The van der Waals surface area contributed by atoms with E-state index in [0.717, 1.165) is 6.54 Å². The fourth-order valence-corrected chi connectivity index (χ4v) is 2.57. The van der Waals surface area contributed by atoms with Gasteiger partial charge in [-0.1, -0.05) is 36.4 Å². The van der Waals surface area contributed by atoms with E-state index in [1.165, 1.54) is 24.0 Å². The average Bonchev–Trinajstić information content (AvgIpc) is 2.75. The second-order valence-corrected chi connectivity index (χ2v) is 4.30. The van der Waals surface area contributed by atoms with Crippen molar-refractivity contribution in [3.8, 4) is 0 Å². The van der Waals surface area contributed by atoms with Crippen molar-refractivity contribution in [2.45, 2.75) is 24.8 Å². The first-order chi connectivity index (χ1) is 7.86. The van der Waals surface area contributed by atoms with Gasteiger partial charge in [0.15, 0.2) is 0 Å². The third kappa shape index (κ3) is 2.10. The highest BCUT2D eigenvalue weighted by Crippen LogP contribution is 2.35. The summed E-state index contributed by atoms with van der Waals surface area (Å²) in [5.74, 6) is 0.577. The van der Waals surface area contributed by atoms with Gasteiger partial charge in [-0.3, -0.25) is 0 Å². The molecule has 0 aromatic heterocycles. The summed E-state index contributed by atoms with van der Waals surface area (Å²) in [5, 5.41) is 3.47. The Balaban J connectivity index is 2.16. The number of nitrogens with one attached hydrogen (secondary N) is 1. The van der Waals surface area contributed by atoms with Crippen molar-refractivity contribution in [3.63, 3.8) is 0 Å². The van der Waals surface area contributed by atoms with Gasteiger partial charge in [-0.05, 0) is 24.0 Å². The standard InChI is InChI=1S/C15H19N/c1-3-11-16-15(4-2)14-10-9-12-7-5-6-8-13(12)14/h3-8,14-16H,1-2,9-11H2. The van der Waals surface area contributed by atoms with Crippen LogP contribution >= 0.6 is 0 Å². The largest absolute Gasteiger partial charge is 0.306 e. The third-order valence-electron chi connectivity index (χ3n) is 3.36. The van der Waals surface area contributed by atoms with Crippen LogP contribution in [-0.4, -0.2) is 12.6 Å². The van der Waals surface area contributed by atoms with Gasteiger partial charge >= 0.3 is 0 Å². The minimum absolute atomic E-state index is 0.363. The Hall–Kier alpha value is -1.34. The van der Waals surface area contributed by atoms with Crippen LogP contribution in [0.4, 0.5) is 0 Å². The lowest BCUT2D eigenvalue weighted by Crippen LogP contribution is -2.32. The van der Waals surface area contributed by atoms with Crippen LogP contribution in [-0.2, 0) is 6.42 Å². The van der Waals surface area contributed by atoms with E-state index in [-0.39, 0.29) is 0 Å². The van der Waals surface area contributed by atoms with Gasteiger partial charge in [0, 0.05) is 18.5 Å². The Morgan fingerprint density at radius 3 is 2.94 bits per heavy atom. The van der Waals surface area contributed by atoms with Gasteiger partial charge in [0.2, 0.25) is 0 Å². The zero-order valence-electron chi connectivity index (χ0n) is 9.65. The number of fused-ring (bicyclic) bond motifs is 1. The Labute approximate surface area is 97.9 Å². The van der Waals surface area contributed by atoms with E-state index in [0.29, 0.717) is 12.0 Å². The van der Waals surface area contributed by atoms with Crippen LogP contribution in [0.15, 0.2) is 49.6 Å². The first-order valence-corrected chi connectivity index (χ1v) is 5.91. The summed E-state index contributed by atoms with van der Waals surface area (Å²) in [6.07, 6.45) is 6.34. The minimum Gasteiger partial charge on any atom is -0.306 e. The molecule has 16 heavy (non-hydrogen) atoms. The molecule has 1 aromatic carbocycles. The second kappa shape index (κ2) is 5.13. The Morgan fingerprint density at radius 1 is 1.38 bits per heavy atom. The molecule has 1 N–H and O–H groups in total. The van der Waals surface area contributed by atoms with E-state index in [1.807, 2.05) is 12.2 Å². The van der Waals surface area contributed by atoms with Crippen LogP contribution in [0.5, 0.6) is 0 Å². The fraction of sp³-hybridized carbons (Fsp3) is 0.333. The molecular formula is C15H19N. The zero-order valence-corrected chi connectivity index (χ0v) is 9.65. The lowest BCUT2D eigenvalue weighted by molar-refractivity contribution is 0.516. The summed E-state index contributed by atoms with van der Waals surface area (Å²) in [6, 6.07) is 9.11. The van der Waals surface area contributed by atoms with Crippen molar-refractivity contribution in [3.05, 3.63) is 60.7 Å². The molecule has 0 bridgehead atoms. The van der Waals surface area contributed by atoms with Crippen LogP contribution in [0, 0.1) is 0 Å². The summed E-state index contributed by atoms with van der Waals surface area (Å²) in [6.45, 7) is 8.52. The molecular weight excluding hydrogens is 194 g/mol. The molecule has 1 heteroatoms. The molecule has 1 aliphatic rings. The summed E-state index contributed by atoms with van der Waals surface area (Å²) in [4.78, 5) is 0. The number of aryl methyl sites for hydroxylation is 1. The normalized spacial score (nSPS) is 20.1. The molecule has 0 fully saturated rings. The quantitative estimate of drug-likeness (QED) is 0.741. The molecule has 0 saturated heterocycles. The molecule has 0 spiro atoms. The van der Waals surface area contributed by atoms with Gasteiger partial charge in [0.05, 0.1) is 0 Å². The number of rotatable bonds is 5. The van der Waals surface area contributed by atoms with Gasteiger partial charge in [-0.25, -0.2) is 0 Å². The van der Waals surface area contributed by atoms with Crippen LogP contribution in [0.1, 0.15) is 23.5 Å².